The largest absolute Gasteiger partial charge is 0.316 e. The van der Waals surface area contributed by atoms with Gasteiger partial charge in [-0.3, -0.25) is 4.79 Å². The summed E-state index contributed by atoms with van der Waals surface area (Å²) >= 11 is 3.48. The zero-order chi connectivity index (χ0) is 22.1. The van der Waals surface area contributed by atoms with Crippen LogP contribution >= 0.6 is 15.9 Å². The molecule has 1 fully saturated rings. The molecule has 0 aliphatic heterocycles. The van der Waals surface area contributed by atoms with Crippen LogP contribution < -0.4 is 5.56 Å². The van der Waals surface area contributed by atoms with Crippen molar-refractivity contribution in [3.63, 3.8) is 0 Å². The number of fused-ring (bicyclic) bond motifs is 1. The van der Waals surface area contributed by atoms with Crippen molar-refractivity contribution in [3.8, 4) is 5.69 Å². The summed E-state index contributed by atoms with van der Waals surface area (Å²) in [6.07, 6.45) is 9.44. The van der Waals surface area contributed by atoms with E-state index in [9.17, 15) is 4.79 Å². The third-order valence-corrected chi connectivity index (χ3v) is 6.66. The van der Waals surface area contributed by atoms with Crippen LogP contribution in [0.5, 0.6) is 0 Å². The highest BCUT2D eigenvalue weighted by atomic mass is 79.9. The molecule has 0 spiro atoms. The first-order chi connectivity index (χ1) is 15.6. The van der Waals surface area contributed by atoms with Gasteiger partial charge in [-0.2, -0.15) is 9.78 Å². The third kappa shape index (κ3) is 4.07. The second kappa shape index (κ2) is 8.87. The van der Waals surface area contributed by atoms with Gasteiger partial charge in [-0.15, -0.1) is 0 Å². The number of halogens is 1. The van der Waals surface area contributed by atoms with E-state index < -0.39 is 0 Å². The Balaban J connectivity index is 1.62. The fourth-order valence-corrected chi connectivity index (χ4v) is 4.89. The van der Waals surface area contributed by atoms with Crippen molar-refractivity contribution in [1.82, 2.24) is 14.2 Å². The van der Waals surface area contributed by atoms with Crippen LogP contribution in [0.3, 0.4) is 0 Å². The van der Waals surface area contributed by atoms with Gasteiger partial charge in [-0.25, -0.2) is 4.98 Å². The number of hydrogen-bond acceptors (Lipinski definition) is 3. The van der Waals surface area contributed by atoms with Crippen LogP contribution in [-0.2, 0) is 0 Å². The number of rotatable bonds is 4. The second-order valence-corrected chi connectivity index (χ2v) is 9.39. The first kappa shape index (κ1) is 20.9. The molecule has 2 heterocycles. The Labute approximate surface area is 195 Å². The Morgan fingerprint density at radius 3 is 2.72 bits per heavy atom. The number of aromatic nitrogens is 3. The molecule has 0 unspecified atom stereocenters. The maximum Gasteiger partial charge on any atom is 0.282 e. The van der Waals surface area contributed by atoms with Crippen molar-refractivity contribution in [3.05, 3.63) is 92.7 Å². The van der Waals surface area contributed by atoms with E-state index in [1.165, 1.54) is 29.5 Å². The highest BCUT2D eigenvalue weighted by molar-refractivity contribution is 9.10. The summed E-state index contributed by atoms with van der Waals surface area (Å²) in [5.74, 6) is 1.03. The lowest BCUT2D eigenvalue weighted by Crippen LogP contribution is -2.25. The van der Waals surface area contributed by atoms with Gasteiger partial charge in [-0.1, -0.05) is 47.3 Å². The number of aryl methyl sites for hydroxylation is 1. The lowest BCUT2D eigenvalue weighted by molar-refractivity contribution is 0.416. The molecule has 0 N–H and O–H groups in total. The van der Waals surface area contributed by atoms with E-state index in [-0.39, 0.29) is 11.5 Å². The monoisotopic (exact) mass is 488 g/mol. The molecule has 1 aliphatic carbocycles. The summed E-state index contributed by atoms with van der Waals surface area (Å²) in [5.41, 5.74) is 3.78. The Morgan fingerprint density at radius 2 is 1.91 bits per heavy atom. The highest BCUT2D eigenvalue weighted by Crippen LogP contribution is 2.32. The minimum absolute atomic E-state index is 0.123. The molecule has 0 radical (unpaired) electrons. The lowest BCUT2D eigenvalue weighted by atomic mass is 9.88. The predicted octanol–water partition coefficient (Wildman–Crippen LogP) is 6.19. The van der Waals surface area contributed by atoms with E-state index in [1.54, 1.807) is 6.21 Å². The summed E-state index contributed by atoms with van der Waals surface area (Å²) in [6.45, 7) is 2.08. The molecular weight excluding hydrogens is 464 g/mol. The molecule has 2 aromatic heterocycles. The Morgan fingerprint density at radius 1 is 1.06 bits per heavy atom. The third-order valence-electron chi connectivity index (χ3n) is 6.17. The van der Waals surface area contributed by atoms with Gasteiger partial charge in [0, 0.05) is 22.3 Å². The van der Waals surface area contributed by atoms with E-state index in [1.807, 2.05) is 42.6 Å². The number of benzene rings is 2. The predicted molar refractivity (Wildman–Crippen MR) is 133 cm³/mol. The van der Waals surface area contributed by atoms with Gasteiger partial charge in [0.05, 0.1) is 22.8 Å². The topological polar surface area (TPSA) is 52.2 Å². The van der Waals surface area contributed by atoms with Gasteiger partial charge >= 0.3 is 0 Å². The zero-order valence-electron chi connectivity index (χ0n) is 18.0. The second-order valence-electron chi connectivity index (χ2n) is 8.47. The van der Waals surface area contributed by atoms with Crippen molar-refractivity contribution in [2.45, 2.75) is 44.9 Å². The molecule has 0 amide bonds. The molecule has 5 nitrogen and oxygen atoms in total. The van der Waals surface area contributed by atoms with Crippen molar-refractivity contribution in [2.75, 3.05) is 0 Å². The number of nitrogens with zero attached hydrogens (tertiary/aromatic N) is 4. The smallest absolute Gasteiger partial charge is 0.282 e. The van der Waals surface area contributed by atoms with Crippen molar-refractivity contribution in [1.29, 1.82) is 0 Å². The van der Waals surface area contributed by atoms with Crippen molar-refractivity contribution < 1.29 is 0 Å². The summed E-state index contributed by atoms with van der Waals surface area (Å²) < 4.78 is 4.46. The standard InChI is InChI=1S/C26H25BrN4O/c1-18-7-5-10-21(15-18)30-14-6-11-22(30)17-28-31-25(19-8-3-2-4-9-19)29-24-13-12-20(27)16-23(24)26(31)32/h5-7,10-17,19H,2-4,8-9H2,1H3. The molecule has 1 saturated carbocycles. The SMILES string of the molecule is Cc1cccc(-n2cccc2C=Nn2c(C3CCCCC3)nc3ccc(Br)cc3c2=O)c1. The Bertz CT molecular complexity index is 1360. The molecule has 32 heavy (non-hydrogen) atoms. The van der Waals surface area contributed by atoms with E-state index in [2.05, 4.69) is 45.6 Å². The maximum atomic E-state index is 13.5. The van der Waals surface area contributed by atoms with Gasteiger partial charge in [0.2, 0.25) is 0 Å². The maximum absolute atomic E-state index is 13.5. The fraction of sp³-hybridized carbons (Fsp3) is 0.269. The van der Waals surface area contributed by atoms with Gasteiger partial charge in [-0.05, 0) is 67.8 Å². The Hall–Kier alpha value is -2.99. The molecule has 2 aromatic carbocycles. The fourth-order valence-electron chi connectivity index (χ4n) is 4.53. The average Bonchev–Trinajstić information content (AvgIpc) is 3.28. The highest BCUT2D eigenvalue weighted by Gasteiger charge is 2.22. The van der Waals surface area contributed by atoms with Crippen molar-refractivity contribution >= 4 is 33.0 Å². The average molecular weight is 489 g/mol. The summed E-state index contributed by atoms with van der Waals surface area (Å²) in [7, 11) is 0. The van der Waals surface area contributed by atoms with Gasteiger partial charge in [0.15, 0.2) is 0 Å². The zero-order valence-corrected chi connectivity index (χ0v) is 19.6. The summed E-state index contributed by atoms with van der Waals surface area (Å²) in [4.78, 5) is 18.4. The van der Waals surface area contributed by atoms with Crippen LogP contribution in [0.1, 0.15) is 55.1 Å². The van der Waals surface area contributed by atoms with Crippen LogP contribution in [0.15, 0.2) is 75.2 Å². The molecule has 0 saturated heterocycles. The van der Waals surface area contributed by atoms with Gasteiger partial charge in [0.1, 0.15) is 5.82 Å². The quantitative estimate of drug-likeness (QED) is 0.321. The normalized spacial score (nSPS) is 15.1. The van der Waals surface area contributed by atoms with Gasteiger partial charge in [0.25, 0.3) is 5.56 Å². The van der Waals surface area contributed by atoms with Crippen LogP contribution in [0, 0.1) is 6.92 Å². The minimum Gasteiger partial charge on any atom is -0.316 e. The summed E-state index contributed by atoms with van der Waals surface area (Å²) in [5, 5.41) is 5.27. The first-order valence-electron chi connectivity index (χ1n) is 11.1. The van der Waals surface area contributed by atoms with E-state index in [0.717, 1.165) is 40.0 Å². The lowest BCUT2D eigenvalue weighted by Gasteiger charge is -2.22. The van der Waals surface area contributed by atoms with E-state index in [0.29, 0.717) is 5.39 Å². The van der Waals surface area contributed by atoms with E-state index >= 15 is 0 Å². The van der Waals surface area contributed by atoms with E-state index in [4.69, 9.17) is 10.1 Å². The van der Waals surface area contributed by atoms with Crippen LogP contribution in [-0.4, -0.2) is 20.4 Å². The molecule has 1 aliphatic rings. The molecule has 5 rings (SSSR count). The van der Waals surface area contributed by atoms with Gasteiger partial charge < -0.3 is 4.57 Å². The van der Waals surface area contributed by atoms with Crippen LogP contribution in [0.2, 0.25) is 0 Å². The van der Waals surface area contributed by atoms with Crippen LogP contribution in [0.25, 0.3) is 16.6 Å². The summed E-state index contributed by atoms with van der Waals surface area (Å²) in [6, 6.07) is 18.0. The minimum atomic E-state index is -0.123. The molecule has 6 heteroatoms. The molecule has 0 atom stereocenters. The first-order valence-corrected chi connectivity index (χ1v) is 11.9. The van der Waals surface area contributed by atoms with Crippen LogP contribution in [0.4, 0.5) is 0 Å². The molecule has 162 valence electrons. The molecule has 0 bridgehead atoms. The van der Waals surface area contributed by atoms with Crippen molar-refractivity contribution in [2.24, 2.45) is 5.10 Å². The molecule has 4 aromatic rings. The number of hydrogen-bond donors (Lipinski definition) is 0. The Kier molecular flexibility index (Phi) is 5.79. The molecular formula is C26H25BrN4O.